The zero-order valence-corrected chi connectivity index (χ0v) is 18.0. The highest BCUT2D eigenvalue weighted by Crippen LogP contribution is 2.25. The fraction of sp³-hybridized carbons (Fsp3) is 0.261. The summed E-state index contributed by atoms with van der Waals surface area (Å²) in [6.07, 6.45) is 5.31. The summed E-state index contributed by atoms with van der Waals surface area (Å²) >= 11 is 0. The van der Waals surface area contributed by atoms with Gasteiger partial charge >= 0.3 is 0 Å². The fourth-order valence-corrected chi connectivity index (χ4v) is 3.98. The fourth-order valence-electron chi connectivity index (χ4n) is 3.98. The Hall–Kier alpha value is -3.85. The molecule has 1 N–H and O–H groups in total. The molecule has 1 aliphatic heterocycles. The molecule has 32 heavy (non-hydrogen) atoms. The number of anilines is 2. The van der Waals surface area contributed by atoms with E-state index in [1.165, 1.54) is 0 Å². The number of carbonyl (C=O) groups excluding carboxylic acids is 1. The summed E-state index contributed by atoms with van der Waals surface area (Å²) in [7, 11) is 2.07. The lowest BCUT2D eigenvalue weighted by atomic mass is 10.1. The minimum absolute atomic E-state index is 0.0161. The second-order valence-electron chi connectivity index (χ2n) is 8.02. The second-order valence-corrected chi connectivity index (χ2v) is 8.02. The Bertz CT molecular complexity index is 1260. The molecule has 0 radical (unpaired) electrons. The van der Waals surface area contributed by atoms with Gasteiger partial charge in [0.2, 0.25) is 5.95 Å². The molecule has 1 saturated heterocycles. The third kappa shape index (κ3) is 3.90. The number of benzene rings is 1. The number of fused-ring (bicyclic) bond motifs is 1. The summed E-state index contributed by atoms with van der Waals surface area (Å²) in [5.74, 6) is 1.32. The Balaban J connectivity index is 1.43. The van der Waals surface area contributed by atoms with Gasteiger partial charge < -0.3 is 10.2 Å². The topological polar surface area (TPSA) is 91.5 Å². The Morgan fingerprint density at radius 3 is 2.72 bits per heavy atom. The zero-order chi connectivity index (χ0) is 22.1. The van der Waals surface area contributed by atoms with Crippen LogP contribution in [0.15, 0.2) is 61.1 Å². The van der Waals surface area contributed by atoms with Crippen LogP contribution >= 0.6 is 0 Å². The van der Waals surface area contributed by atoms with Gasteiger partial charge in [-0.15, -0.1) is 10.2 Å². The van der Waals surface area contributed by atoms with Crippen LogP contribution in [-0.2, 0) is 0 Å². The van der Waals surface area contributed by atoms with E-state index in [1.54, 1.807) is 18.5 Å². The second kappa shape index (κ2) is 8.35. The largest absolute Gasteiger partial charge is 0.338 e. The van der Waals surface area contributed by atoms with E-state index in [9.17, 15) is 4.79 Å². The lowest BCUT2D eigenvalue weighted by molar-refractivity contribution is 0.102. The molecule has 1 aliphatic rings. The van der Waals surface area contributed by atoms with E-state index in [0.717, 1.165) is 30.2 Å². The maximum Gasteiger partial charge on any atom is 0.257 e. The van der Waals surface area contributed by atoms with Crippen molar-refractivity contribution in [3.8, 4) is 0 Å². The first-order chi connectivity index (χ1) is 15.6. The van der Waals surface area contributed by atoms with Gasteiger partial charge in [-0.1, -0.05) is 12.1 Å². The van der Waals surface area contributed by atoms with Crippen LogP contribution < -0.4 is 10.2 Å². The molecular weight excluding hydrogens is 404 g/mol. The van der Waals surface area contributed by atoms with Crippen molar-refractivity contribution in [3.05, 3.63) is 78.0 Å². The summed E-state index contributed by atoms with van der Waals surface area (Å²) in [4.78, 5) is 26.1. The van der Waals surface area contributed by atoms with Gasteiger partial charge in [0.25, 0.3) is 5.91 Å². The quantitative estimate of drug-likeness (QED) is 0.534. The van der Waals surface area contributed by atoms with Crippen molar-refractivity contribution in [1.29, 1.82) is 0 Å². The Morgan fingerprint density at radius 1 is 1.06 bits per heavy atom. The van der Waals surface area contributed by atoms with Crippen LogP contribution in [0.3, 0.4) is 0 Å². The molecule has 4 heterocycles. The summed E-state index contributed by atoms with van der Waals surface area (Å²) in [6, 6.07) is 13.1. The van der Waals surface area contributed by atoms with Gasteiger partial charge in [0.05, 0.1) is 11.6 Å². The minimum Gasteiger partial charge on any atom is -0.338 e. The number of likely N-dealkylation sites (N-methyl/N-ethyl adjacent to an activating group) is 1. The van der Waals surface area contributed by atoms with Crippen LogP contribution in [0.2, 0.25) is 0 Å². The molecule has 0 bridgehead atoms. The number of nitrogens with one attached hydrogen (secondary N) is 1. The van der Waals surface area contributed by atoms with Gasteiger partial charge in [-0.3, -0.25) is 14.1 Å². The van der Waals surface area contributed by atoms with Crippen LogP contribution in [0.4, 0.5) is 11.6 Å². The van der Waals surface area contributed by atoms with Crippen molar-refractivity contribution in [1.82, 2.24) is 29.5 Å². The molecule has 4 aromatic rings. The van der Waals surface area contributed by atoms with E-state index in [0.29, 0.717) is 23.7 Å². The first-order valence-corrected chi connectivity index (χ1v) is 10.5. The molecule has 9 heteroatoms. The number of nitrogens with zero attached hydrogens (tertiary/aromatic N) is 7. The Kier molecular flexibility index (Phi) is 5.24. The van der Waals surface area contributed by atoms with Gasteiger partial charge in [0.15, 0.2) is 11.5 Å². The third-order valence-corrected chi connectivity index (χ3v) is 5.75. The Labute approximate surface area is 185 Å². The number of hydrogen-bond acceptors (Lipinski definition) is 7. The molecule has 1 fully saturated rings. The highest BCUT2D eigenvalue weighted by atomic mass is 16.1. The van der Waals surface area contributed by atoms with Crippen LogP contribution in [0.5, 0.6) is 0 Å². The smallest absolute Gasteiger partial charge is 0.257 e. The number of piperazine rings is 1. The summed E-state index contributed by atoms with van der Waals surface area (Å²) < 4.78 is 1.90. The van der Waals surface area contributed by atoms with Crippen LogP contribution in [0.25, 0.3) is 5.65 Å². The van der Waals surface area contributed by atoms with Crippen molar-refractivity contribution in [2.75, 3.05) is 36.9 Å². The molecule has 0 saturated carbocycles. The molecule has 9 nitrogen and oxygen atoms in total. The van der Waals surface area contributed by atoms with Crippen LogP contribution in [0.1, 0.15) is 27.8 Å². The van der Waals surface area contributed by atoms with E-state index in [-0.39, 0.29) is 11.9 Å². The van der Waals surface area contributed by atoms with E-state index < -0.39 is 0 Å². The van der Waals surface area contributed by atoms with E-state index in [2.05, 4.69) is 42.3 Å². The molecule has 0 aliphatic carbocycles. The number of aryl methyl sites for hydroxylation is 1. The first-order valence-electron chi connectivity index (χ1n) is 10.5. The predicted molar refractivity (Wildman–Crippen MR) is 122 cm³/mol. The third-order valence-electron chi connectivity index (χ3n) is 5.75. The average molecular weight is 429 g/mol. The molecule has 1 amide bonds. The molecule has 1 atom stereocenters. The summed E-state index contributed by atoms with van der Waals surface area (Å²) in [5, 5.41) is 11.8. The highest BCUT2D eigenvalue weighted by molar-refractivity contribution is 6.04. The molecule has 3 aromatic heterocycles. The highest BCUT2D eigenvalue weighted by Gasteiger charge is 2.30. The van der Waals surface area contributed by atoms with Gasteiger partial charge in [0.1, 0.15) is 0 Å². The SMILES string of the molecule is Cc1cccc(NC(=O)c2ccc3nnc(C4CN(c5ncccn5)CCN4C)n3c2)c1. The number of amides is 1. The number of rotatable bonds is 4. The van der Waals surface area contributed by atoms with E-state index in [4.69, 9.17) is 0 Å². The van der Waals surface area contributed by atoms with Gasteiger partial charge in [-0.25, -0.2) is 9.97 Å². The molecular formula is C23H24N8O. The van der Waals surface area contributed by atoms with Gasteiger partial charge in [-0.05, 0) is 49.9 Å². The van der Waals surface area contributed by atoms with Gasteiger partial charge in [-0.2, -0.15) is 0 Å². The molecule has 0 spiro atoms. The number of carbonyl (C=O) groups is 1. The van der Waals surface area contributed by atoms with Crippen molar-refractivity contribution < 1.29 is 4.79 Å². The van der Waals surface area contributed by atoms with Crippen LogP contribution in [-0.4, -0.2) is 62.1 Å². The van der Waals surface area contributed by atoms with E-state index >= 15 is 0 Å². The lowest BCUT2D eigenvalue weighted by Crippen LogP contribution is -2.47. The zero-order valence-electron chi connectivity index (χ0n) is 18.0. The Morgan fingerprint density at radius 2 is 1.91 bits per heavy atom. The minimum atomic E-state index is -0.173. The summed E-state index contributed by atoms with van der Waals surface area (Å²) in [5.41, 5.74) is 3.10. The number of pyridine rings is 1. The monoisotopic (exact) mass is 428 g/mol. The summed E-state index contributed by atoms with van der Waals surface area (Å²) in [6.45, 7) is 4.35. The average Bonchev–Trinajstić information content (AvgIpc) is 3.23. The normalized spacial score (nSPS) is 16.9. The van der Waals surface area contributed by atoms with Crippen molar-refractivity contribution in [2.45, 2.75) is 13.0 Å². The maximum atomic E-state index is 12.9. The molecule has 5 rings (SSSR count). The number of aromatic nitrogens is 5. The standard InChI is InChI=1S/C23H24N8O/c1-16-5-3-6-18(13-16)26-22(32)17-7-8-20-27-28-21(31(20)14-17)19-15-30(12-11-29(19)2)23-24-9-4-10-25-23/h3-10,13-14,19H,11-12,15H2,1-2H3,(H,26,32). The molecule has 162 valence electrons. The predicted octanol–water partition coefficient (Wildman–Crippen LogP) is 2.57. The molecule has 1 unspecified atom stereocenters. The van der Waals surface area contributed by atoms with Gasteiger partial charge in [0, 0.05) is 43.9 Å². The maximum absolute atomic E-state index is 12.9. The molecule has 1 aromatic carbocycles. The van der Waals surface area contributed by atoms with Crippen LogP contribution in [0, 0.1) is 6.92 Å². The van der Waals surface area contributed by atoms with Crippen molar-refractivity contribution in [3.63, 3.8) is 0 Å². The lowest BCUT2D eigenvalue weighted by Gasteiger charge is -2.38. The first kappa shape index (κ1) is 20.1. The number of hydrogen-bond donors (Lipinski definition) is 1. The van der Waals surface area contributed by atoms with Crippen molar-refractivity contribution in [2.24, 2.45) is 0 Å². The van der Waals surface area contributed by atoms with E-state index in [1.807, 2.05) is 53.9 Å². The van der Waals surface area contributed by atoms with Crippen molar-refractivity contribution >= 4 is 23.2 Å².